The van der Waals surface area contributed by atoms with Gasteiger partial charge in [-0.1, -0.05) is 23.7 Å². The van der Waals surface area contributed by atoms with Crippen LogP contribution in [0.1, 0.15) is 18.4 Å². The summed E-state index contributed by atoms with van der Waals surface area (Å²) >= 11 is 5.81. The van der Waals surface area contributed by atoms with E-state index in [0.29, 0.717) is 17.6 Å². The maximum atomic E-state index is 12.1. The molecule has 1 saturated heterocycles. The maximum Gasteiger partial charge on any atom is 0.315 e. The molecule has 2 rings (SSSR count). The third kappa shape index (κ3) is 6.55. The van der Waals surface area contributed by atoms with Crippen LogP contribution in [0.15, 0.2) is 24.3 Å². The highest BCUT2D eigenvalue weighted by atomic mass is 35.5. The van der Waals surface area contributed by atoms with E-state index in [-0.39, 0.29) is 30.9 Å². The van der Waals surface area contributed by atoms with Crippen LogP contribution in [0.5, 0.6) is 0 Å². The molecule has 0 saturated carbocycles. The highest BCUT2D eigenvalue weighted by Gasteiger charge is 2.21. The Bertz CT molecular complexity index is 531. The first-order valence-corrected chi connectivity index (χ1v) is 8.17. The van der Waals surface area contributed by atoms with Gasteiger partial charge in [-0.25, -0.2) is 4.79 Å². The van der Waals surface area contributed by atoms with E-state index in [1.165, 1.54) is 0 Å². The Morgan fingerprint density at radius 3 is 2.38 bits per heavy atom. The monoisotopic (exact) mass is 374 g/mol. The van der Waals surface area contributed by atoms with E-state index >= 15 is 0 Å². The standard InChI is InChI=1S/C16H23ClN4O2.ClH/c1-18-14-6-8-21(9-7-14)15(22)11-20-16(23)19-10-12-2-4-13(17)5-3-12;/h2-5,14,18H,6-11H2,1H3,(H2,19,20,23);1H. The van der Waals surface area contributed by atoms with Crippen LogP contribution < -0.4 is 16.0 Å². The molecule has 1 fully saturated rings. The van der Waals surface area contributed by atoms with Crippen LogP contribution >= 0.6 is 24.0 Å². The molecule has 0 radical (unpaired) electrons. The molecule has 0 unspecified atom stereocenters. The Morgan fingerprint density at radius 2 is 1.79 bits per heavy atom. The van der Waals surface area contributed by atoms with Crippen molar-refractivity contribution in [1.29, 1.82) is 0 Å². The molecular formula is C16H24Cl2N4O2. The van der Waals surface area contributed by atoms with Crippen molar-refractivity contribution >= 4 is 35.9 Å². The van der Waals surface area contributed by atoms with Gasteiger partial charge in [0.1, 0.15) is 0 Å². The third-order valence-corrected chi connectivity index (χ3v) is 4.27. The molecule has 1 aliphatic rings. The van der Waals surface area contributed by atoms with Crippen molar-refractivity contribution < 1.29 is 9.59 Å². The summed E-state index contributed by atoms with van der Waals surface area (Å²) in [5.41, 5.74) is 0.949. The van der Waals surface area contributed by atoms with Crippen molar-refractivity contribution in [2.24, 2.45) is 0 Å². The Hall–Kier alpha value is -1.50. The molecule has 1 aromatic rings. The number of piperidine rings is 1. The molecule has 134 valence electrons. The van der Waals surface area contributed by atoms with Crippen LogP contribution in [0.3, 0.4) is 0 Å². The molecule has 3 amide bonds. The zero-order valence-electron chi connectivity index (χ0n) is 13.7. The van der Waals surface area contributed by atoms with E-state index in [1.807, 2.05) is 19.2 Å². The number of nitrogens with zero attached hydrogens (tertiary/aromatic N) is 1. The SMILES string of the molecule is CNC1CCN(C(=O)CNC(=O)NCc2ccc(Cl)cc2)CC1.Cl. The first kappa shape index (κ1) is 20.5. The fraction of sp³-hybridized carbons (Fsp3) is 0.500. The van der Waals surface area contributed by atoms with Crippen LogP contribution in [-0.4, -0.2) is 49.6 Å². The normalized spacial score (nSPS) is 14.7. The third-order valence-electron chi connectivity index (χ3n) is 4.02. The Balaban J connectivity index is 0.00000288. The number of hydrogen-bond acceptors (Lipinski definition) is 3. The van der Waals surface area contributed by atoms with Gasteiger partial charge in [0.25, 0.3) is 0 Å². The molecule has 0 aromatic heterocycles. The molecule has 24 heavy (non-hydrogen) atoms. The Labute approximate surface area is 153 Å². The average Bonchev–Trinajstić information content (AvgIpc) is 2.59. The van der Waals surface area contributed by atoms with Crippen LogP contribution in [0, 0.1) is 0 Å². The number of urea groups is 1. The first-order chi connectivity index (χ1) is 11.1. The number of carbonyl (C=O) groups excluding carboxylic acids is 2. The fourth-order valence-electron chi connectivity index (χ4n) is 2.53. The van der Waals surface area contributed by atoms with E-state index in [0.717, 1.165) is 31.5 Å². The van der Waals surface area contributed by atoms with Crippen molar-refractivity contribution in [1.82, 2.24) is 20.9 Å². The van der Waals surface area contributed by atoms with Crippen LogP contribution in [0.2, 0.25) is 5.02 Å². The summed E-state index contributed by atoms with van der Waals surface area (Å²) in [5, 5.41) is 9.20. The molecule has 6 nitrogen and oxygen atoms in total. The van der Waals surface area contributed by atoms with Gasteiger partial charge >= 0.3 is 6.03 Å². The van der Waals surface area contributed by atoms with Gasteiger partial charge in [0.2, 0.25) is 5.91 Å². The average molecular weight is 375 g/mol. The number of nitrogens with one attached hydrogen (secondary N) is 3. The summed E-state index contributed by atoms with van der Waals surface area (Å²) < 4.78 is 0. The summed E-state index contributed by atoms with van der Waals surface area (Å²) in [4.78, 5) is 25.6. The number of benzene rings is 1. The van der Waals surface area contributed by atoms with E-state index in [2.05, 4.69) is 16.0 Å². The second-order valence-corrected chi connectivity index (χ2v) is 6.04. The minimum Gasteiger partial charge on any atom is -0.341 e. The summed E-state index contributed by atoms with van der Waals surface area (Å²) in [6.45, 7) is 1.89. The predicted molar refractivity (Wildman–Crippen MR) is 97.6 cm³/mol. The zero-order chi connectivity index (χ0) is 16.7. The minimum absolute atomic E-state index is 0. The number of likely N-dealkylation sites (tertiary alicyclic amines) is 1. The quantitative estimate of drug-likeness (QED) is 0.735. The molecule has 0 atom stereocenters. The molecule has 0 bridgehead atoms. The van der Waals surface area contributed by atoms with Gasteiger partial charge in [0, 0.05) is 30.7 Å². The molecule has 1 aliphatic heterocycles. The lowest BCUT2D eigenvalue weighted by Crippen LogP contribution is -2.48. The maximum absolute atomic E-state index is 12.1. The van der Waals surface area contributed by atoms with Gasteiger partial charge in [0.15, 0.2) is 0 Å². The molecule has 0 spiro atoms. The molecular weight excluding hydrogens is 351 g/mol. The molecule has 3 N–H and O–H groups in total. The molecule has 0 aliphatic carbocycles. The van der Waals surface area contributed by atoms with Gasteiger partial charge in [-0.2, -0.15) is 0 Å². The number of carbonyl (C=O) groups is 2. The number of halogens is 2. The molecule has 8 heteroatoms. The van der Waals surface area contributed by atoms with Crippen LogP contribution in [0.25, 0.3) is 0 Å². The molecule has 1 aromatic carbocycles. The summed E-state index contributed by atoms with van der Waals surface area (Å²) in [6, 6.07) is 7.37. The topological polar surface area (TPSA) is 73.5 Å². The lowest BCUT2D eigenvalue weighted by atomic mass is 10.1. The second-order valence-electron chi connectivity index (χ2n) is 5.61. The molecule has 1 heterocycles. The van der Waals surface area contributed by atoms with Crippen LogP contribution in [0.4, 0.5) is 4.79 Å². The highest BCUT2D eigenvalue weighted by Crippen LogP contribution is 2.10. The number of hydrogen-bond donors (Lipinski definition) is 3. The fourth-order valence-corrected chi connectivity index (χ4v) is 2.66. The summed E-state index contributed by atoms with van der Waals surface area (Å²) in [6.07, 6.45) is 1.90. The van der Waals surface area contributed by atoms with Crippen molar-refractivity contribution in [2.75, 3.05) is 26.7 Å². The van der Waals surface area contributed by atoms with E-state index in [4.69, 9.17) is 11.6 Å². The highest BCUT2D eigenvalue weighted by molar-refractivity contribution is 6.30. The van der Waals surface area contributed by atoms with Gasteiger partial charge < -0.3 is 20.9 Å². The van der Waals surface area contributed by atoms with E-state index in [9.17, 15) is 9.59 Å². The van der Waals surface area contributed by atoms with E-state index < -0.39 is 0 Å². The number of rotatable bonds is 5. The first-order valence-electron chi connectivity index (χ1n) is 7.79. The van der Waals surface area contributed by atoms with Crippen molar-refractivity contribution in [3.63, 3.8) is 0 Å². The van der Waals surface area contributed by atoms with Gasteiger partial charge in [-0.15, -0.1) is 12.4 Å². The van der Waals surface area contributed by atoms with Crippen molar-refractivity contribution in [3.8, 4) is 0 Å². The summed E-state index contributed by atoms with van der Waals surface area (Å²) in [5.74, 6) is -0.0406. The van der Waals surface area contributed by atoms with Gasteiger partial charge in [0.05, 0.1) is 6.54 Å². The van der Waals surface area contributed by atoms with Crippen molar-refractivity contribution in [2.45, 2.75) is 25.4 Å². The van der Waals surface area contributed by atoms with E-state index in [1.54, 1.807) is 17.0 Å². The lowest BCUT2D eigenvalue weighted by Gasteiger charge is -2.31. The van der Waals surface area contributed by atoms with Gasteiger partial charge in [-0.3, -0.25) is 4.79 Å². The lowest BCUT2D eigenvalue weighted by molar-refractivity contribution is -0.131. The minimum atomic E-state index is -0.349. The Kier molecular flexibility index (Phi) is 8.89. The number of amides is 3. The zero-order valence-corrected chi connectivity index (χ0v) is 15.3. The van der Waals surface area contributed by atoms with Gasteiger partial charge in [-0.05, 0) is 37.6 Å². The Morgan fingerprint density at radius 1 is 1.17 bits per heavy atom. The summed E-state index contributed by atoms with van der Waals surface area (Å²) in [7, 11) is 1.94. The predicted octanol–water partition coefficient (Wildman–Crippen LogP) is 1.77. The van der Waals surface area contributed by atoms with Crippen molar-refractivity contribution in [3.05, 3.63) is 34.9 Å². The second kappa shape index (κ2) is 10.4. The van der Waals surface area contributed by atoms with Crippen LogP contribution in [-0.2, 0) is 11.3 Å². The smallest absolute Gasteiger partial charge is 0.315 e. The largest absolute Gasteiger partial charge is 0.341 e.